The van der Waals surface area contributed by atoms with Crippen LogP contribution in [0.25, 0.3) is 0 Å². The van der Waals surface area contributed by atoms with Crippen molar-refractivity contribution < 1.29 is 9.53 Å². The van der Waals surface area contributed by atoms with Gasteiger partial charge in [-0.05, 0) is 50.8 Å². The maximum absolute atomic E-state index is 13.4. The fraction of sp³-hybridized carbons (Fsp3) is 0.632. The summed E-state index contributed by atoms with van der Waals surface area (Å²) < 4.78 is 5.55. The van der Waals surface area contributed by atoms with Gasteiger partial charge in [0.05, 0.1) is 5.41 Å². The molecule has 2 aliphatic heterocycles. The van der Waals surface area contributed by atoms with E-state index >= 15 is 0 Å². The molecular weight excluding hydrogens is 324 g/mol. The third-order valence-electron chi connectivity index (χ3n) is 5.48. The van der Waals surface area contributed by atoms with E-state index in [1.165, 1.54) is 0 Å². The maximum atomic E-state index is 13.4. The average molecular weight is 353 g/mol. The molecule has 1 amide bonds. The van der Waals surface area contributed by atoms with Crippen LogP contribution in [0, 0.1) is 5.92 Å². The van der Waals surface area contributed by atoms with Crippen LogP contribution in [-0.2, 0) is 14.9 Å². The Morgan fingerprint density at radius 2 is 1.83 bits per heavy atom. The van der Waals surface area contributed by atoms with Crippen LogP contribution in [0.1, 0.15) is 31.2 Å². The van der Waals surface area contributed by atoms with Gasteiger partial charge in [0.25, 0.3) is 0 Å². The normalized spacial score (nSPS) is 21.1. The number of carbonyl (C=O) groups excluding carboxylic acids is 1. The van der Waals surface area contributed by atoms with E-state index in [-0.39, 0.29) is 17.8 Å². The van der Waals surface area contributed by atoms with E-state index in [1.807, 2.05) is 25.2 Å². The Morgan fingerprint density at radius 3 is 2.42 bits per heavy atom. The summed E-state index contributed by atoms with van der Waals surface area (Å²) in [6.45, 7) is 4.19. The van der Waals surface area contributed by atoms with Crippen LogP contribution < -0.4 is 5.32 Å². The van der Waals surface area contributed by atoms with Crippen molar-refractivity contribution >= 4 is 18.3 Å². The van der Waals surface area contributed by atoms with Gasteiger partial charge < -0.3 is 15.0 Å². The summed E-state index contributed by atoms with van der Waals surface area (Å²) in [7, 11) is 2.00. The quantitative estimate of drug-likeness (QED) is 0.905. The van der Waals surface area contributed by atoms with Gasteiger partial charge in [0.2, 0.25) is 5.91 Å². The number of benzene rings is 1. The summed E-state index contributed by atoms with van der Waals surface area (Å²) in [5.74, 6) is 1.02. The number of amides is 1. The first-order valence-electron chi connectivity index (χ1n) is 8.83. The van der Waals surface area contributed by atoms with Gasteiger partial charge in [-0.3, -0.25) is 4.79 Å². The lowest BCUT2D eigenvalue weighted by atomic mass is 9.72. The van der Waals surface area contributed by atoms with Crippen LogP contribution in [0.4, 0.5) is 0 Å². The van der Waals surface area contributed by atoms with Crippen molar-refractivity contribution in [1.82, 2.24) is 10.2 Å². The zero-order valence-corrected chi connectivity index (χ0v) is 15.3. The number of likely N-dealkylation sites (tertiary alicyclic amines) is 1. The number of nitrogens with one attached hydrogen (secondary N) is 1. The van der Waals surface area contributed by atoms with Crippen molar-refractivity contribution in [1.29, 1.82) is 0 Å². The maximum Gasteiger partial charge on any atom is 0.233 e. The Hall–Kier alpha value is -1.10. The highest BCUT2D eigenvalue weighted by Crippen LogP contribution is 2.37. The second-order valence-corrected chi connectivity index (χ2v) is 6.85. The highest BCUT2D eigenvalue weighted by molar-refractivity contribution is 5.88. The first-order chi connectivity index (χ1) is 11.3. The van der Waals surface area contributed by atoms with Crippen molar-refractivity contribution in [3.05, 3.63) is 35.9 Å². The molecule has 0 aromatic heterocycles. The standard InChI is InChI=1S/C19H28N2O2.ClH/c1-20-15-16-7-11-21(12-8-16)18(22)19(9-13-23-14-10-19)17-5-3-2-4-6-17;/h2-6,16,20H,7-15H2,1H3;1H. The molecule has 2 saturated heterocycles. The highest BCUT2D eigenvalue weighted by atomic mass is 35.5. The van der Waals surface area contributed by atoms with Gasteiger partial charge >= 0.3 is 0 Å². The SMILES string of the molecule is CNCC1CCN(C(=O)C2(c3ccccc3)CCOCC2)CC1.Cl. The summed E-state index contributed by atoms with van der Waals surface area (Å²) in [5.41, 5.74) is 0.778. The minimum absolute atomic E-state index is 0. The van der Waals surface area contributed by atoms with Crippen LogP contribution in [0.5, 0.6) is 0 Å². The van der Waals surface area contributed by atoms with Crippen LogP contribution >= 0.6 is 12.4 Å². The summed E-state index contributed by atoms with van der Waals surface area (Å²) in [4.78, 5) is 15.5. The van der Waals surface area contributed by atoms with Gasteiger partial charge in [0.1, 0.15) is 0 Å². The van der Waals surface area contributed by atoms with E-state index in [4.69, 9.17) is 4.74 Å². The molecule has 2 fully saturated rings. The average Bonchev–Trinajstić information content (AvgIpc) is 2.63. The first-order valence-corrected chi connectivity index (χ1v) is 8.83. The second kappa shape index (κ2) is 8.84. The molecule has 1 aromatic carbocycles. The molecule has 0 atom stereocenters. The van der Waals surface area contributed by atoms with Crippen LogP contribution in [0.2, 0.25) is 0 Å². The Bertz CT molecular complexity index is 509. The molecule has 0 bridgehead atoms. The van der Waals surface area contributed by atoms with Crippen molar-refractivity contribution in [3.8, 4) is 0 Å². The number of rotatable bonds is 4. The van der Waals surface area contributed by atoms with E-state index in [0.29, 0.717) is 25.0 Å². The van der Waals surface area contributed by atoms with Gasteiger partial charge in [-0.1, -0.05) is 30.3 Å². The minimum atomic E-state index is -0.380. The predicted octanol–water partition coefficient (Wildman–Crippen LogP) is 2.61. The molecule has 1 aromatic rings. The molecule has 134 valence electrons. The Morgan fingerprint density at radius 1 is 1.21 bits per heavy atom. The molecule has 0 saturated carbocycles. The molecule has 1 N–H and O–H groups in total. The van der Waals surface area contributed by atoms with Crippen molar-refractivity contribution in [2.45, 2.75) is 31.1 Å². The van der Waals surface area contributed by atoms with E-state index in [2.05, 4.69) is 22.3 Å². The lowest BCUT2D eigenvalue weighted by Crippen LogP contribution is -2.52. The van der Waals surface area contributed by atoms with Gasteiger partial charge in [-0.2, -0.15) is 0 Å². The third-order valence-corrected chi connectivity index (χ3v) is 5.48. The number of hydrogen-bond donors (Lipinski definition) is 1. The number of hydrogen-bond acceptors (Lipinski definition) is 3. The molecule has 4 nitrogen and oxygen atoms in total. The number of halogens is 1. The zero-order chi connectivity index (χ0) is 16.1. The van der Waals surface area contributed by atoms with Crippen LogP contribution in [-0.4, -0.2) is 50.7 Å². The fourth-order valence-electron chi connectivity index (χ4n) is 4.03. The Balaban J connectivity index is 0.00000208. The fourth-order valence-corrected chi connectivity index (χ4v) is 4.03. The van der Waals surface area contributed by atoms with Crippen LogP contribution in [0.15, 0.2) is 30.3 Å². The molecule has 2 aliphatic rings. The predicted molar refractivity (Wildman–Crippen MR) is 98.7 cm³/mol. The number of ether oxygens (including phenoxy) is 1. The Labute approximate surface area is 151 Å². The van der Waals surface area contributed by atoms with Gasteiger partial charge in [-0.25, -0.2) is 0 Å². The van der Waals surface area contributed by atoms with Crippen molar-refractivity contribution in [2.24, 2.45) is 5.92 Å². The van der Waals surface area contributed by atoms with E-state index in [0.717, 1.165) is 50.9 Å². The second-order valence-electron chi connectivity index (χ2n) is 6.85. The summed E-state index contributed by atoms with van der Waals surface area (Å²) in [6, 6.07) is 10.3. The molecule has 0 radical (unpaired) electrons. The van der Waals surface area contributed by atoms with E-state index in [9.17, 15) is 4.79 Å². The van der Waals surface area contributed by atoms with Gasteiger partial charge in [0, 0.05) is 26.3 Å². The molecular formula is C19H29ClN2O2. The summed E-state index contributed by atoms with van der Waals surface area (Å²) in [5, 5.41) is 3.26. The third kappa shape index (κ3) is 3.93. The molecule has 5 heteroatoms. The molecule has 3 rings (SSSR count). The molecule has 2 heterocycles. The zero-order valence-electron chi connectivity index (χ0n) is 14.5. The highest BCUT2D eigenvalue weighted by Gasteiger charge is 2.44. The number of piperidine rings is 1. The van der Waals surface area contributed by atoms with Crippen LogP contribution in [0.3, 0.4) is 0 Å². The lowest BCUT2D eigenvalue weighted by molar-refractivity contribution is -0.142. The largest absolute Gasteiger partial charge is 0.381 e. The summed E-state index contributed by atoms with van der Waals surface area (Å²) >= 11 is 0. The lowest BCUT2D eigenvalue weighted by Gasteiger charge is -2.42. The summed E-state index contributed by atoms with van der Waals surface area (Å²) in [6.07, 6.45) is 3.81. The van der Waals surface area contributed by atoms with E-state index < -0.39 is 0 Å². The first kappa shape index (κ1) is 19.2. The monoisotopic (exact) mass is 352 g/mol. The molecule has 24 heavy (non-hydrogen) atoms. The van der Waals surface area contributed by atoms with Crippen molar-refractivity contribution in [2.75, 3.05) is 39.9 Å². The Kier molecular flexibility index (Phi) is 7.08. The molecule has 0 unspecified atom stereocenters. The van der Waals surface area contributed by atoms with Crippen molar-refractivity contribution in [3.63, 3.8) is 0 Å². The van der Waals surface area contributed by atoms with Gasteiger partial charge in [-0.15, -0.1) is 12.4 Å². The van der Waals surface area contributed by atoms with Gasteiger partial charge in [0.15, 0.2) is 0 Å². The smallest absolute Gasteiger partial charge is 0.233 e. The van der Waals surface area contributed by atoms with E-state index in [1.54, 1.807) is 0 Å². The molecule has 0 spiro atoms. The molecule has 0 aliphatic carbocycles. The topological polar surface area (TPSA) is 41.6 Å². The minimum Gasteiger partial charge on any atom is -0.381 e. The number of carbonyl (C=O) groups is 1. The number of nitrogens with zero attached hydrogens (tertiary/aromatic N) is 1.